The van der Waals surface area contributed by atoms with Crippen LogP contribution < -0.4 is 5.73 Å². The lowest BCUT2D eigenvalue weighted by atomic mass is 9.91. The molecule has 1 fully saturated rings. The van der Waals surface area contributed by atoms with Crippen LogP contribution in [0.4, 0.5) is 0 Å². The largest absolute Gasteiger partial charge is 0.480 e. The van der Waals surface area contributed by atoms with Crippen LogP contribution in [-0.2, 0) is 4.79 Å². The smallest absolute Gasteiger partial charge is 0.320 e. The lowest BCUT2D eigenvalue weighted by Gasteiger charge is -2.41. The number of piperidine rings is 1. The fourth-order valence-corrected chi connectivity index (χ4v) is 2.54. The molecular formula is C12H24N2O2. The number of carboxylic acid groups (broad SMARTS) is 1. The molecule has 0 amide bonds. The van der Waals surface area contributed by atoms with Crippen LogP contribution in [-0.4, -0.2) is 41.1 Å². The summed E-state index contributed by atoms with van der Waals surface area (Å²) in [5.41, 5.74) is 5.69. The first-order valence-electron chi connectivity index (χ1n) is 6.28. The molecule has 16 heavy (non-hydrogen) atoms. The number of hydrogen-bond acceptors (Lipinski definition) is 3. The summed E-state index contributed by atoms with van der Waals surface area (Å²) in [7, 11) is 0. The molecule has 4 nitrogen and oxygen atoms in total. The summed E-state index contributed by atoms with van der Waals surface area (Å²) in [5.74, 6) is -0.221. The maximum Gasteiger partial charge on any atom is 0.320 e. The van der Waals surface area contributed by atoms with Crippen molar-refractivity contribution in [3.8, 4) is 0 Å². The molecule has 3 unspecified atom stereocenters. The molecule has 1 aliphatic rings. The molecule has 0 aromatic rings. The van der Waals surface area contributed by atoms with E-state index in [0.717, 1.165) is 32.2 Å². The molecule has 0 bridgehead atoms. The highest BCUT2D eigenvalue weighted by atomic mass is 16.4. The SMILES string of the molecule is CCCC(C(=O)O)N1CC(CN)CCC1C. The molecule has 3 N–H and O–H groups in total. The standard InChI is InChI=1S/C12H24N2O2/c1-3-4-11(12(15)16)14-8-10(7-13)6-5-9(14)2/h9-11H,3-8,13H2,1-2H3,(H,15,16). The van der Waals surface area contributed by atoms with E-state index >= 15 is 0 Å². The van der Waals surface area contributed by atoms with Gasteiger partial charge in [0, 0.05) is 12.6 Å². The van der Waals surface area contributed by atoms with Crippen molar-refractivity contribution in [2.75, 3.05) is 13.1 Å². The Balaban J connectivity index is 2.68. The van der Waals surface area contributed by atoms with Crippen molar-refractivity contribution >= 4 is 5.97 Å². The lowest BCUT2D eigenvalue weighted by molar-refractivity contribution is -0.145. The van der Waals surface area contributed by atoms with E-state index in [4.69, 9.17) is 5.73 Å². The number of carboxylic acids is 1. The molecule has 0 aromatic carbocycles. The van der Waals surface area contributed by atoms with Gasteiger partial charge in [-0.2, -0.15) is 0 Å². The van der Waals surface area contributed by atoms with E-state index in [1.165, 1.54) is 0 Å². The number of aliphatic carboxylic acids is 1. The molecule has 0 saturated carbocycles. The number of nitrogens with two attached hydrogens (primary N) is 1. The molecule has 0 radical (unpaired) electrons. The van der Waals surface area contributed by atoms with E-state index in [1.807, 2.05) is 6.92 Å². The molecule has 1 heterocycles. The zero-order valence-corrected chi connectivity index (χ0v) is 10.4. The van der Waals surface area contributed by atoms with Crippen molar-refractivity contribution in [3.63, 3.8) is 0 Å². The van der Waals surface area contributed by atoms with Crippen LogP contribution in [0.1, 0.15) is 39.5 Å². The van der Waals surface area contributed by atoms with Crippen LogP contribution in [0.3, 0.4) is 0 Å². The Morgan fingerprint density at radius 2 is 2.25 bits per heavy atom. The summed E-state index contributed by atoms with van der Waals surface area (Å²) in [6, 6.07) is 0.0461. The van der Waals surface area contributed by atoms with Crippen molar-refractivity contribution in [2.24, 2.45) is 11.7 Å². The van der Waals surface area contributed by atoms with Crippen LogP contribution in [0.15, 0.2) is 0 Å². The van der Waals surface area contributed by atoms with E-state index < -0.39 is 5.97 Å². The number of rotatable bonds is 5. The molecule has 0 aliphatic carbocycles. The molecule has 3 atom stereocenters. The average molecular weight is 228 g/mol. The number of likely N-dealkylation sites (tertiary alicyclic amines) is 1. The minimum atomic E-state index is -0.689. The number of hydrogen-bond donors (Lipinski definition) is 2. The average Bonchev–Trinajstić information content (AvgIpc) is 2.27. The zero-order valence-electron chi connectivity index (χ0n) is 10.4. The fourth-order valence-electron chi connectivity index (χ4n) is 2.54. The second kappa shape index (κ2) is 6.21. The quantitative estimate of drug-likeness (QED) is 0.744. The third-order valence-corrected chi connectivity index (χ3v) is 3.61. The van der Waals surface area contributed by atoms with Crippen LogP contribution in [0.2, 0.25) is 0 Å². The van der Waals surface area contributed by atoms with Gasteiger partial charge in [0.1, 0.15) is 6.04 Å². The molecule has 1 aliphatic heterocycles. The summed E-state index contributed by atoms with van der Waals surface area (Å²) >= 11 is 0. The topological polar surface area (TPSA) is 66.6 Å². The van der Waals surface area contributed by atoms with Gasteiger partial charge in [-0.25, -0.2) is 0 Å². The minimum absolute atomic E-state index is 0.325. The molecule has 94 valence electrons. The minimum Gasteiger partial charge on any atom is -0.480 e. The van der Waals surface area contributed by atoms with E-state index in [2.05, 4.69) is 11.8 Å². The van der Waals surface area contributed by atoms with Gasteiger partial charge < -0.3 is 10.8 Å². The van der Waals surface area contributed by atoms with Crippen molar-refractivity contribution in [1.29, 1.82) is 0 Å². The van der Waals surface area contributed by atoms with Gasteiger partial charge in [0.05, 0.1) is 0 Å². The predicted molar refractivity (Wildman–Crippen MR) is 64.3 cm³/mol. The lowest BCUT2D eigenvalue weighted by Crippen LogP contribution is -2.52. The molecular weight excluding hydrogens is 204 g/mol. The maximum absolute atomic E-state index is 11.3. The first kappa shape index (κ1) is 13.5. The van der Waals surface area contributed by atoms with Crippen LogP contribution >= 0.6 is 0 Å². The summed E-state index contributed by atoms with van der Waals surface area (Å²) < 4.78 is 0. The third-order valence-electron chi connectivity index (χ3n) is 3.61. The molecule has 4 heteroatoms. The van der Waals surface area contributed by atoms with Gasteiger partial charge in [-0.05, 0) is 38.6 Å². The van der Waals surface area contributed by atoms with Gasteiger partial charge in [0.15, 0.2) is 0 Å². The summed E-state index contributed by atoms with van der Waals surface area (Å²) in [6.45, 7) is 5.67. The monoisotopic (exact) mass is 228 g/mol. The van der Waals surface area contributed by atoms with Crippen molar-refractivity contribution < 1.29 is 9.90 Å². The van der Waals surface area contributed by atoms with Crippen LogP contribution in [0.5, 0.6) is 0 Å². The maximum atomic E-state index is 11.3. The van der Waals surface area contributed by atoms with Crippen LogP contribution in [0.25, 0.3) is 0 Å². The Hall–Kier alpha value is -0.610. The molecule has 1 saturated heterocycles. The van der Waals surface area contributed by atoms with Gasteiger partial charge in [-0.1, -0.05) is 13.3 Å². The van der Waals surface area contributed by atoms with E-state index in [9.17, 15) is 9.90 Å². The molecule has 0 aromatic heterocycles. The Morgan fingerprint density at radius 1 is 1.56 bits per heavy atom. The van der Waals surface area contributed by atoms with Crippen molar-refractivity contribution in [1.82, 2.24) is 4.90 Å². The molecule has 0 spiro atoms. The van der Waals surface area contributed by atoms with Gasteiger partial charge in [-0.3, -0.25) is 9.69 Å². The second-order valence-electron chi connectivity index (χ2n) is 4.87. The van der Waals surface area contributed by atoms with E-state index in [-0.39, 0.29) is 6.04 Å². The molecule has 1 rings (SSSR count). The summed E-state index contributed by atoms with van der Waals surface area (Å²) in [4.78, 5) is 13.4. The van der Waals surface area contributed by atoms with Gasteiger partial charge >= 0.3 is 5.97 Å². The van der Waals surface area contributed by atoms with Gasteiger partial charge in [0.2, 0.25) is 0 Å². The summed E-state index contributed by atoms with van der Waals surface area (Å²) in [6.07, 6.45) is 3.84. The van der Waals surface area contributed by atoms with Crippen molar-refractivity contribution in [3.05, 3.63) is 0 Å². The predicted octanol–water partition coefficient (Wildman–Crippen LogP) is 1.30. The van der Waals surface area contributed by atoms with Gasteiger partial charge in [-0.15, -0.1) is 0 Å². The second-order valence-corrected chi connectivity index (χ2v) is 4.87. The normalized spacial score (nSPS) is 28.9. The fraction of sp³-hybridized carbons (Fsp3) is 0.917. The van der Waals surface area contributed by atoms with E-state index in [1.54, 1.807) is 0 Å². The highest BCUT2D eigenvalue weighted by molar-refractivity contribution is 5.73. The van der Waals surface area contributed by atoms with Crippen LogP contribution in [0, 0.1) is 5.92 Å². The Morgan fingerprint density at radius 3 is 2.75 bits per heavy atom. The Bertz CT molecular complexity index is 233. The Kier molecular flexibility index (Phi) is 5.22. The first-order valence-corrected chi connectivity index (χ1v) is 6.28. The first-order chi connectivity index (χ1) is 7.60. The third kappa shape index (κ3) is 3.19. The van der Waals surface area contributed by atoms with Gasteiger partial charge in [0.25, 0.3) is 0 Å². The Labute approximate surface area is 97.8 Å². The highest BCUT2D eigenvalue weighted by Crippen LogP contribution is 2.24. The summed E-state index contributed by atoms with van der Waals surface area (Å²) in [5, 5.41) is 9.26. The zero-order chi connectivity index (χ0) is 12.1. The number of nitrogens with zero attached hydrogens (tertiary/aromatic N) is 1. The number of carbonyl (C=O) groups is 1. The van der Waals surface area contributed by atoms with E-state index in [0.29, 0.717) is 18.5 Å². The highest BCUT2D eigenvalue weighted by Gasteiger charge is 2.33. The van der Waals surface area contributed by atoms with Crippen molar-refractivity contribution in [2.45, 2.75) is 51.6 Å².